The monoisotopic (exact) mass is 371 g/mol. The van der Waals surface area contributed by atoms with Gasteiger partial charge in [0.25, 0.3) is 0 Å². The highest BCUT2D eigenvalue weighted by Crippen LogP contribution is 2.42. The largest absolute Gasteiger partial charge is 0.507 e. The number of nitrogens with zero attached hydrogens (tertiary/aromatic N) is 2. The first-order valence-electron chi connectivity index (χ1n) is 9.55. The molecule has 0 aliphatic carbocycles. The molecule has 0 spiro atoms. The second kappa shape index (κ2) is 6.60. The Hall–Kier alpha value is -3.47. The van der Waals surface area contributed by atoms with E-state index in [1.165, 1.54) is 0 Å². The molecule has 5 nitrogen and oxygen atoms in total. The summed E-state index contributed by atoms with van der Waals surface area (Å²) in [5, 5.41) is 14.3. The van der Waals surface area contributed by atoms with E-state index < -0.39 is 0 Å². The summed E-state index contributed by atoms with van der Waals surface area (Å²) in [7, 11) is 0. The molecule has 2 N–H and O–H groups in total. The van der Waals surface area contributed by atoms with Crippen LogP contribution >= 0.6 is 0 Å². The fourth-order valence-corrected chi connectivity index (χ4v) is 3.79. The van der Waals surface area contributed by atoms with Gasteiger partial charge < -0.3 is 15.2 Å². The highest BCUT2D eigenvalue weighted by Gasteiger charge is 2.29. The number of aromatic nitrogens is 2. The molecule has 0 fully saturated rings. The molecule has 28 heavy (non-hydrogen) atoms. The number of imidazole rings is 1. The predicted molar refractivity (Wildman–Crippen MR) is 111 cm³/mol. The first-order valence-corrected chi connectivity index (χ1v) is 9.55. The molecule has 0 bridgehead atoms. The van der Waals surface area contributed by atoms with Crippen LogP contribution in [0.1, 0.15) is 25.1 Å². The first-order chi connectivity index (χ1) is 13.8. The van der Waals surface area contributed by atoms with Crippen molar-refractivity contribution in [3.05, 3.63) is 72.3 Å². The van der Waals surface area contributed by atoms with Crippen LogP contribution in [0.4, 0.5) is 5.69 Å². The van der Waals surface area contributed by atoms with Gasteiger partial charge in [-0.15, -0.1) is 0 Å². The smallest absolute Gasteiger partial charge is 0.145 e. The molecule has 0 saturated heterocycles. The van der Waals surface area contributed by atoms with Crippen molar-refractivity contribution in [3.63, 3.8) is 0 Å². The van der Waals surface area contributed by atoms with E-state index in [2.05, 4.69) is 28.9 Å². The summed E-state index contributed by atoms with van der Waals surface area (Å²) in [5.74, 6) is 1.77. The zero-order valence-corrected chi connectivity index (χ0v) is 15.6. The summed E-state index contributed by atoms with van der Waals surface area (Å²) in [4.78, 5) is 4.87. The lowest BCUT2D eigenvalue weighted by atomic mass is 10.0. The lowest BCUT2D eigenvalue weighted by molar-refractivity contribution is 0.315. The van der Waals surface area contributed by atoms with Gasteiger partial charge >= 0.3 is 0 Å². The van der Waals surface area contributed by atoms with Crippen molar-refractivity contribution in [1.29, 1.82) is 0 Å². The van der Waals surface area contributed by atoms with Crippen LogP contribution in [0.25, 0.3) is 22.4 Å². The molecule has 5 rings (SSSR count). The minimum absolute atomic E-state index is 0.203. The Morgan fingerprint density at radius 2 is 1.89 bits per heavy atom. The Kier molecular flexibility index (Phi) is 3.93. The van der Waals surface area contributed by atoms with Gasteiger partial charge in [0.2, 0.25) is 0 Å². The molecule has 2 heterocycles. The maximum absolute atomic E-state index is 10.8. The van der Waals surface area contributed by atoms with E-state index in [4.69, 9.17) is 9.72 Å². The number of hydrogen-bond donors (Lipinski definition) is 2. The maximum atomic E-state index is 10.8. The van der Waals surface area contributed by atoms with E-state index >= 15 is 0 Å². The van der Waals surface area contributed by atoms with E-state index in [-0.39, 0.29) is 11.9 Å². The predicted octanol–water partition coefficient (Wildman–Crippen LogP) is 5.17. The second-order valence-electron chi connectivity index (χ2n) is 6.96. The van der Waals surface area contributed by atoms with Crippen LogP contribution in [-0.2, 0) is 0 Å². The van der Waals surface area contributed by atoms with Crippen molar-refractivity contribution in [2.24, 2.45) is 0 Å². The number of phenols is 1. The van der Waals surface area contributed by atoms with Crippen molar-refractivity contribution in [2.75, 3.05) is 11.9 Å². The number of phenolic OH excluding ortho intramolecular Hbond substituents is 1. The van der Waals surface area contributed by atoms with Gasteiger partial charge in [-0.25, -0.2) is 4.98 Å². The van der Waals surface area contributed by atoms with Crippen LogP contribution in [0, 0.1) is 0 Å². The first kappa shape index (κ1) is 16.7. The van der Waals surface area contributed by atoms with E-state index in [9.17, 15) is 5.11 Å². The molecule has 140 valence electrons. The number of benzene rings is 3. The third-order valence-electron chi connectivity index (χ3n) is 5.08. The lowest BCUT2D eigenvalue weighted by Gasteiger charge is -2.30. The molecule has 0 amide bonds. The van der Waals surface area contributed by atoms with Gasteiger partial charge in [-0.3, -0.25) is 4.57 Å². The molecule has 0 radical (unpaired) electrons. The van der Waals surface area contributed by atoms with Gasteiger partial charge in [0, 0.05) is 22.9 Å². The summed E-state index contributed by atoms with van der Waals surface area (Å²) >= 11 is 0. The Balaban J connectivity index is 1.68. The fraction of sp³-hybridized carbons (Fsp3) is 0.174. The van der Waals surface area contributed by atoms with Crippen LogP contribution in [-0.4, -0.2) is 21.3 Å². The van der Waals surface area contributed by atoms with Crippen molar-refractivity contribution < 1.29 is 9.84 Å². The fourth-order valence-electron chi connectivity index (χ4n) is 3.79. The van der Waals surface area contributed by atoms with E-state index in [0.717, 1.165) is 40.1 Å². The lowest BCUT2D eigenvalue weighted by Crippen LogP contribution is -2.24. The summed E-state index contributed by atoms with van der Waals surface area (Å²) in [6.45, 7) is 2.69. The number of rotatable bonds is 4. The molecule has 0 saturated carbocycles. The number of nitrogens with one attached hydrogen (secondary N) is 1. The summed E-state index contributed by atoms with van der Waals surface area (Å²) < 4.78 is 7.81. The minimum atomic E-state index is -0.266. The summed E-state index contributed by atoms with van der Waals surface area (Å²) in [5.41, 5.74) is 4.79. The quantitative estimate of drug-likeness (QED) is 0.520. The number of hydrogen-bond acceptors (Lipinski definition) is 4. The van der Waals surface area contributed by atoms with Crippen LogP contribution in [0.2, 0.25) is 0 Å². The van der Waals surface area contributed by atoms with Crippen LogP contribution < -0.4 is 10.1 Å². The van der Waals surface area contributed by atoms with Gasteiger partial charge in [0.05, 0.1) is 17.6 Å². The van der Waals surface area contributed by atoms with Crippen LogP contribution in [0.5, 0.6) is 11.5 Å². The van der Waals surface area contributed by atoms with Crippen LogP contribution in [0.3, 0.4) is 0 Å². The molecule has 1 aromatic heterocycles. The number of para-hydroxylation sites is 3. The van der Waals surface area contributed by atoms with Crippen molar-refractivity contribution >= 4 is 16.7 Å². The summed E-state index contributed by atoms with van der Waals surface area (Å²) in [6, 6.07) is 21.7. The van der Waals surface area contributed by atoms with Gasteiger partial charge in [-0.1, -0.05) is 31.2 Å². The third-order valence-corrected chi connectivity index (χ3v) is 5.08. The Morgan fingerprint density at radius 3 is 2.75 bits per heavy atom. The molecule has 1 aliphatic rings. The van der Waals surface area contributed by atoms with Gasteiger partial charge in [-0.2, -0.15) is 0 Å². The van der Waals surface area contributed by atoms with E-state index in [1.807, 2.05) is 48.5 Å². The molecular formula is C23H21N3O2. The van der Waals surface area contributed by atoms with Crippen LogP contribution in [0.15, 0.2) is 66.7 Å². The zero-order valence-electron chi connectivity index (χ0n) is 15.6. The van der Waals surface area contributed by atoms with Crippen molar-refractivity contribution in [1.82, 2.24) is 9.55 Å². The van der Waals surface area contributed by atoms with E-state index in [0.29, 0.717) is 12.4 Å². The van der Waals surface area contributed by atoms with Crippen molar-refractivity contribution in [2.45, 2.75) is 19.5 Å². The molecule has 1 atom stereocenters. The second-order valence-corrected chi connectivity index (χ2v) is 6.96. The Labute approximate surface area is 163 Å². The Bertz CT molecular complexity index is 1170. The molecule has 1 aliphatic heterocycles. The molecule has 3 aromatic carbocycles. The Morgan fingerprint density at radius 1 is 1.07 bits per heavy atom. The molecule has 1 unspecified atom stereocenters. The van der Waals surface area contributed by atoms with Gasteiger partial charge in [0.15, 0.2) is 0 Å². The minimum Gasteiger partial charge on any atom is -0.507 e. The maximum Gasteiger partial charge on any atom is 0.145 e. The number of anilines is 1. The third kappa shape index (κ3) is 2.59. The summed E-state index contributed by atoms with van der Waals surface area (Å²) in [6.07, 6.45) is 0.658. The SMILES string of the molecule is CCCOc1ccc(C2Nc3ccccc3-c3nc4ccccc4n32)c(O)c1. The average molecular weight is 371 g/mol. The highest BCUT2D eigenvalue weighted by atomic mass is 16.5. The van der Waals surface area contributed by atoms with Gasteiger partial charge in [0.1, 0.15) is 23.5 Å². The zero-order chi connectivity index (χ0) is 19.1. The average Bonchev–Trinajstić information content (AvgIpc) is 3.12. The van der Waals surface area contributed by atoms with Crippen molar-refractivity contribution in [3.8, 4) is 22.9 Å². The normalized spacial score (nSPS) is 15.0. The topological polar surface area (TPSA) is 59.3 Å². The number of fused-ring (bicyclic) bond motifs is 5. The van der Waals surface area contributed by atoms with E-state index in [1.54, 1.807) is 6.07 Å². The molecular weight excluding hydrogens is 350 g/mol. The van der Waals surface area contributed by atoms with Gasteiger partial charge in [-0.05, 0) is 42.8 Å². The standard InChI is InChI=1S/C23H21N3O2/c1-2-13-28-15-11-12-17(21(27)14-15)23-24-18-8-4-3-7-16(18)22-25-19-9-5-6-10-20(19)26(22)23/h3-12,14,23-24,27H,2,13H2,1H3. The number of ether oxygens (including phenoxy) is 1. The molecule has 4 aromatic rings. The number of aromatic hydroxyl groups is 1. The highest BCUT2D eigenvalue weighted by molar-refractivity contribution is 5.86. The molecule has 5 heteroatoms.